The molecule has 0 spiro atoms. The lowest BCUT2D eigenvalue weighted by molar-refractivity contribution is -0.274. The summed E-state index contributed by atoms with van der Waals surface area (Å²) in [6, 6.07) is 10.6. The highest BCUT2D eigenvalue weighted by Gasteiger charge is 2.40. The van der Waals surface area contributed by atoms with Gasteiger partial charge in [0.05, 0.1) is 6.54 Å². The first-order valence-corrected chi connectivity index (χ1v) is 11.4. The number of alkyl halides is 3. The van der Waals surface area contributed by atoms with Crippen LogP contribution in [0.15, 0.2) is 48.5 Å². The lowest BCUT2D eigenvalue weighted by Crippen LogP contribution is -2.46. The highest BCUT2D eigenvalue weighted by atomic mass is 35.5. The summed E-state index contributed by atoms with van der Waals surface area (Å²) >= 11 is 5.99. The van der Waals surface area contributed by atoms with Crippen LogP contribution in [-0.4, -0.2) is 64.5 Å². The van der Waals surface area contributed by atoms with E-state index in [2.05, 4.69) is 9.72 Å². The number of fused-ring (bicyclic) bond motifs is 1. The average molecular weight is 539 g/mol. The maximum Gasteiger partial charge on any atom is 0.573 e. The number of likely N-dealkylation sites (N-methyl/N-ethyl adjacent to an activating group) is 2. The van der Waals surface area contributed by atoms with Gasteiger partial charge >= 0.3 is 12.4 Å². The maximum atomic E-state index is 13.5. The number of amides is 2. The van der Waals surface area contributed by atoms with E-state index >= 15 is 0 Å². The van der Waals surface area contributed by atoms with Crippen LogP contribution in [-0.2, 0) is 11.3 Å². The quantitative estimate of drug-likeness (QED) is 0.487. The molecule has 13 heteroatoms. The van der Waals surface area contributed by atoms with Gasteiger partial charge in [-0.3, -0.25) is 19.1 Å². The number of hydrogen-bond acceptors (Lipinski definition) is 6. The van der Waals surface area contributed by atoms with E-state index in [1.54, 1.807) is 24.3 Å². The van der Waals surface area contributed by atoms with Crippen LogP contribution in [0.1, 0.15) is 22.5 Å². The molecule has 0 aliphatic carbocycles. The molecule has 0 saturated carbocycles. The van der Waals surface area contributed by atoms with Crippen molar-refractivity contribution in [3.63, 3.8) is 0 Å². The van der Waals surface area contributed by atoms with Gasteiger partial charge in [-0.15, -0.1) is 13.2 Å². The molecule has 196 valence electrons. The number of benzene rings is 2. The highest BCUT2D eigenvalue weighted by molar-refractivity contribution is 6.30. The lowest BCUT2D eigenvalue weighted by atomic mass is 10.1. The Kier molecular flexibility index (Phi) is 7.32. The molecule has 0 fully saturated rings. The Morgan fingerprint density at radius 3 is 2.41 bits per heavy atom. The van der Waals surface area contributed by atoms with Gasteiger partial charge in [0.25, 0.3) is 11.8 Å². The summed E-state index contributed by atoms with van der Waals surface area (Å²) in [5.74, 6) is -1.54. The first-order chi connectivity index (χ1) is 17.5. The summed E-state index contributed by atoms with van der Waals surface area (Å²) in [5.41, 5.74) is 0.746. The average Bonchev–Trinajstić information content (AvgIpc) is 3.16. The van der Waals surface area contributed by atoms with Crippen LogP contribution in [0.4, 0.5) is 19.0 Å². The Hall–Kier alpha value is -3.77. The van der Waals surface area contributed by atoms with Gasteiger partial charge in [-0.1, -0.05) is 29.8 Å². The fourth-order valence-electron chi connectivity index (χ4n) is 3.94. The largest absolute Gasteiger partial charge is 0.573 e. The smallest absolute Gasteiger partial charge is 0.425 e. The number of anilines is 1. The van der Waals surface area contributed by atoms with Gasteiger partial charge < -0.3 is 19.5 Å². The van der Waals surface area contributed by atoms with E-state index in [0.717, 1.165) is 12.1 Å². The third-order valence-corrected chi connectivity index (χ3v) is 5.99. The third kappa shape index (κ3) is 5.65. The van der Waals surface area contributed by atoms with Crippen LogP contribution >= 0.6 is 11.6 Å². The summed E-state index contributed by atoms with van der Waals surface area (Å²) in [4.78, 5) is 33.4. The zero-order valence-electron chi connectivity index (χ0n) is 19.7. The lowest BCUT2D eigenvalue weighted by Gasteiger charge is -2.26. The van der Waals surface area contributed by atoms with Crippen LogP contribution in [0.3, 0.4) is 0 Å². The second-order valence-electron chi connectivity index (χ2n) is 8.25. The van der Waals surface area contributed by atoms with Crippen molar-refractivity contribution >= 4 is 29.2 Å². The van der Waals surface area contributed by atoms with Crippen LogP contribution in [0.2, 0.25) is 5.02 Å². The van der Waals surface area contributed by atoms with Crippen molar-refractivity contribution in [2.75, 3.05) is 25.6 Å². The molecule has 0 unspecified atom stereocenters. The van der Waals surface area contributed by atoms with Gasteiger partial charge in [0, 0.05) is 31.8 Å². The van der Waals surface area contributed by atoms with E-state index in [0.29, 0.717) is 10.6 Å². The molecule has 0 radical (unpaired) electrons. The molecular formula is C24H22ClF3N4O5. The topological polar surface area (TPSA) is 97.1 Å². The number of rotatable bonds is 7. The summed E-state index contributed by atoms with van der Waals surface area (Å²) in [7, 11) is 2.89. The normalized spacial score (nSPS) is 16.0. The van der Waals surface area contributed by atoms with E-state index in [1.807, 2.05) is 0 Å². The number of ether oxygens (including phenoxy) is 2. The van der Waals surface area contributed by atoms with Gasteiger partial charge in [-0.25, -0.2) is 0 Å². The fraction of sp³-hybridized carbons (Fsp3) is 0.292. The minimum atomic E-state index is -4.89. The van der Waals surface area contributed by atoms with E-state index in [-0.39, 0.29) is 42.8 Å². The summed E-state index contributed by atoms with van der Waals surface area (Å²) < 4.78 is 49.3. The molecular weight excluding hydrogens is 517 g/mol. The fourth-order valence-corrected chi connectivity index (χ4v) is 4.07. The first-order valence-electron chi connectivity index (χ1n) is 11.0. The molecule has 0 saturated heterocycles. The van der Waals surface area contributed by atoms with Crippen molar-refractivity contribution in [2.24, 2.45) is 0 Å². The molecule has 2 aromatic carbocycles. The van der Waals surface area contributed by atoms with Crippen LogP contribution in [0, 0.1) is 0 Å². The maximum absolute atomic E-state index is 13.5. The monoisotopic (exact) mass is 538 g/mol. The highest BCUT2D eigenvalue weighted by Crippen LogP contribution is 2.35. The van der Waals surface area contributed by atoms with Crippen molar-refractivity contribution in [2.45, 2.75) is 25.4 Å². The molecule has 9 nitrogen and oxygen atoms in total. The van der Waals surface area contributed by atoms with Crippen molar-refractivity contribution in [1.29, 1.82) is 0 Å². The number of imidazole rings is 1. The second kappa shape index (κ2) is 10.3. The summed E-state index contributed by atoms with van der Waals surface area (Å²) in [6.45, 7) is -0.241. The SMILES string of the molecule is CN1C(=O)[C@@H](CCO)N(C)C(=O)c2c1nc(Oc1cccc(OC(F)(F)F)c1)n2Cc1ccc(Cl)cc1. The molecule has 37 heavy (non-hydrogen) atoms. The van der Waals surface area contributed by atoms with Gasteiger partial charge in [0.15, 0.2) is 11.5 Å². The van der Waals surface area contributed by atoms with Crippen molar-refractivity contribution in [1.82, 2.24) is 14.5 Å². The van der Waals surface area contributed by atoms with Crippen LogP contribution in [0.5, 0.6) is 17.5 Å². The summed E-state index contributed by atoms with van der Waals surface area (Å²) in [5, 5.41) is 9.92. The number of hydrogen-bond donors (Lipinski definition) is 1. The van der Waals surface area contributed by atoms with Crippen LogP contribution in [0.25, 0.3) is 0 Å². The molecule has 0 bridgehead atoms. The van der Waals surface area contributed by atoms with Gasteiger partial charge in [-0.2, -0.15) is 4.98 Å². The molecule has 1 aliphatic heterocycles. The molecule has 1 aliphatic rings. The van der Waals surface area contributed by atoms with Crippen molar-refractivity contribution in [3.05, 3.63) is 64.8 Å². The number of nitrogens with zero attached hydrogens (tertiary/aromatic N) is 4. The van der Waals surface area contributed by atoms with Gasteiger partial charge in [-0.05, 0) is 36.2 Å². The Balaban J connectivity index is 1.81. The predicted octanol–water partition coefficient (Wildman–Crippen LogP) is 4.08. The number of carbonyl (C=O) groups excluding carboxylic acids is 2. The first kappa shape index (κ1) is 26.3. The number of halogens is 4. The minimum Gasteiger partial charge on any atom is -0.425 e. The number of aromatic nitrogens is 2. The molecule has 1 aromatic heterocycles. The molecule has 1 N–H and O–H groups in total. The zero-order valence-corrected chi connectivity index (χ0v) is 20.5. The Morgan fingerprint density at radius 1 is 1.08 bits per heavy atom. The van der Waals surface area contributed by atoms with Gasteiger partial charge in [0.2, 0.25) is 0 Å². The summed E-state index contributed by atoms with van der Waals surface area (Å²) in [6.07, 6.45) is -4.86. The molecule has 3 aromatic rings. The van der Waals surface area contributed by atoms with E-state index in [9.17, 15) is 27.9 Å². The van der Waals surface area contributed by atoms with Crippen molar-refractivity contribution in [3.8, 4) is 17.5 Å². The predicted molar refractivity (Wildman–Crippen MR) is 127 cm³/mol. The second-order valence-corrected chi connectivity index (χ2v) is 8.68. The standard InChI is InChI=1S/C24H22ClF3N4O5/c1-30-18(10-11-33)21(34)31(2)20-19(22(30)35)32(13-14-6-8-15(25)9-7-14)23(29-20)36-16-4-3-5-17(12-16)37-24(26,27)28/h3-9,12,18,33H,10-11,13H2,1-2H3/t18-/m1/s1. The Morgan fingerprint density at radius 2 is 1.76 bits per heavy atom. The van der Waals surface area contributed by atoms with Crippen molar-refractivity contribution < 1.29 is 37.3 Å². The number of aliphatic hydroxyl groups excluding tert-OH is 1. The van der Waals surface area contributed by atoms with E-state index in [1.165, 1.54) is 40.6 Å². The molecule has 2 heterocycles. The number of carbonyl (C=O) groups is 2. The minimum absolute atomic E-state index is 0.00829. The van der Waals surface area contributed by atoms with Gasteiger partial charge in [0.1, 0.15) is 17.5 Å². The van der Waals surface area contributed by atoms with Crippen LogP contribution < -0.4 is 14.4 Å². The zero-order chi connectivity index (χ0) is 26.9. The van der Waals surface area contributed by atoms with E-state index < -0.39 is 30.0 Å². The molecule has 1 atom stereocenters. The molecule has 2 amide bonds. The van der Waals surface area contributed by atoms with E-state index in [4.69, 9.17) is 16.3 Å². The Bertz CT molecular complexity index is 1310. The third-order valence-electron chi connectivity index (χ3n) is 5.74. The Labute approximate surface area is 214 Å². The molecule has 4 rings (SSSR count). The number of aliphatic hydroxyl groups is 1.